The van der Waals surface area contributed by atoms with Crippen LogP contribution >= 0.6 is 11.6 Å². The summed E-state index contributed by atoms with van der Waals surface area (Å²) < 4.78 is 35.7. The number of hydrogen-bond acceptors (Lipinski definition) is 4. The van der Waals surface area contributed by atoms with E-state index in [2.05, 4.69) is 14.8 Å². The van der Waals surface area contributed by atoms with Gasteiger partial charge in [-0.15, -0.1) is 8.78 Å². The number of amides is 1. The molecule has 0 bridgehead atoms. The van der Waals surface area contributed by atoms with Crippen LogP contribution in [0.2, 0.25) is 5.02 Å². The number of hydrogen-bond donors (Lipinski definition) is 2. The van der Waals surface area contributed by atoms with Crippen LogP contribution in [0.25, 0.3) is 11.1 Å². The lowest BCUT2D eigenvalue weighted by Crippen LogP contribution is -2.28. The van der Waals surface area contributed by atoms with E-state index < -0.39 is 17.7 Å². The number of carbonyl (C=O) groups is 2. The Morgan fingerprint density at radius 3 is 2.41 bits per heavy atom. The molecule has 0 unspecified atom stereocenters. The lowest BCUT2D eigenvalue weighted by atomic mass is 9.94. The molecular weight excluding hydrogens is 468 g/mol. The predicted octanol–water partition coefficient (Wildman–Crippen LogP) is 6.25. The molecule has 0 atom stereocenters. The summed E-state index contributed by atoms with van der Waals surface area (Å²) in [6.45, 7) is 1.88. The third-order valence-electron chi connectivity index (χ3n) is 6.14. The molecule has 2 N–H and O–H groups in total. The van der Waals surface area contributed by atoms with Gasteiger partial charge in [0.15, 0.2) is 11.5 Å². The standard InChI is InChI=1S/C25H18ClF2NO5.H2/c1-13-2-5-16(12-18(13)17-6-3-14(22(30)31)10-19(17)26)29-23(32)24(8-9-24)15-4-7-20-21(11-15)34-25(27,28)33-20;/h2-7,10-12H,8-9H2,1H3,(H,29,32)(H,30,31);1H. The molecule has 1 amide bonds. The quantitative estimate of drug-likeness (QED) is 0.444. The largest absolute Gasteiger partial charge is 0.586 e. The van der Waals surface area contributed by atoms with E-state index in [1.54, 1.807) is 24.3 Å². The average Bonchev–Trinajstić information content (AvgIpc) is 3.52. The maximum atomic E-state index is 13.4. The molecule has 0 aromatic heterocycles. The molecule has 2 aliphatic rings. The van der Waals surface area contributed by atoms with E-state index in [9.17, 15) is 18.4 Å². The van der Waals surface area contributed by atoms with Crippen LogP contribution in [-0.2, 0) is 10.2 Å². The van der Waals surface area contributed by atoms with E-state index in [0.29, 0.717) is 29.7 Å². The Balaban J connectivity index is 0.00000289. The van der Waals surface area contributed by atoms with Gasteiger partial charge >= 0.3 is 12.3 Å². The molecule has 1 heterocycles. The number of alkyl halides is 2. The topological polar surface area (TPSA) is 84.9 Å². The Labute approximate surface area is 199 Å². The summed E-state index contributed by atoms with van der Waals surface area (Å²) in [4.78, 5) is 24.4. The van der Waals surface area contributed by atoms with E-state index >= 15 is 0 Å². The van der Waals surface area contributed by atoms with Crippen LogP contribution < -0.4 is 14.8 Å². The molecule has 9 heteroatoms. The van der Waals surface area contributed by atoms with Gasteiger partial charge in [-0.2, -0.15) is 0 Å². The minimum absolute atomic E-state index is 0. The fourth-order valence-corrected chi connectivity index (χ4v) is 4.41. The highest BCUT2D eigenvalue weighted by molar-refractivity contribution is 6.33. The molecule has 1 saturated carbocycles. The number of anilines is 1. The van der Waals surface area contributed by atoms with Crippen molar-refractivity contribution in [2.45, 2.75) is 31.5 Å². The Morgan fingerprint density at radius 1 is 1.00 bits per heavy atom. The number of ether oxygens (including phenoxy) is 2. The van der Waals surface area contributed by atoms with Crippen molar-refractivity contribution in [3.8, 4) is 22.6 Å². The SMILES string of the molecule is Cc1ccc(NC(=O)C2(c3ccc4c(c3)OC(F)(F)O4)CC2)cc1-c1ccc(C(=O)O)cc1Cl.[HH]. The Morgan fingerprint density at radius 2 is 1.74 bits per heavy atom. The lowest BCUT2D eigenvalue weighted by molar-refractivity contribution is -0.286. The Kier molecular flexibility index (Phi) is 5.02. The molecule has 0 spiro atoms. The Hall–Kier alpha value is -3.65. The van der Waals surface area contributed by atoms with Crippen molar-refractivity contribution >= 4 is 29.2 Å². The summed E-state index contributed by atoms with van der Waals surface area (Å²) >= 11 is 6.34. The highest BCUT2D eigenvalue weighted by atomic mass is 35.5. The number of fused-ring (bicyclic) bond motifs is 1. The summed E-state index contributed by atoms with van der Waals surface area (Å²) in [6, 6.07) is 14.2. The van der Waals surface area contributed by atoms with Crippen LogP contribution in [0.4, 0.5) is 14.5 Å². The molecule has 1 fully saturated rings. The maximum absolute atomic E-state index is 13.4. The lowest BCUT2D eigenvalue weighted by Gasteiger charge is -2.17. The van der Waals surface area contributed by atoms with Crippen LogP contribution in [-0.4, -0.2) is 23.3 Å². The third kappa shape index (κ3) is 3.84. The first-order valence-corrected chi connectivity index (χ1v) is 10.8. The second-order valence-corrected chi connectivity index (χ2v) is 8.80. The van der Waals surface area contributed by atoms with Crippen LogP contribution in [0, 0.1) is 6.92 Å². The van der Waals surface area contributed by atoms with Crippen molar-refractivity contribution in [3.05, 3.63) is 76.3 Å². The van der Waals surface area contributed by atoms with Crippen LogP contribution in [0.15, 0.2) is 54.6 Å². The number of nitrogens with one attached hydrogen (secondary N) is 1. The normalized spacial score (nSPS) is 16.7. The second kappa shape index (κ2) is 7.70. The van der Waals surface area contributed by atoms with Crippen molar-refractivity contribution in [1.82, 2.24) is 0 Å². The first kappa shape index (κ1) is 22.2. The number of halogens is 3. The number of carbonyl (C=O) groups excluding carboxylic acids is 1. The smallest absolute Gasteiger partial charge is 0.478 e. The monoisotopic (exact) mass is 487 g/mol. The van der Waals surface area contributed by atoms with Gasteiger partial charge in [-0.25, -0.2) is 4.79 Å². The van der Waals surface area contributed by atoms with Gasteiger partial charge in [-0.1, -0.05) is 29.8 Å². The van der Waals surface area contributed by atoms with Crippen LogP contribution in [0.1, 0.15) is 35.8 Å². The molecule has 0 saturated heterocycles. The molecule has 3 aromatic rings. The summed E-state index contributed by atoms with van der Waals surface area (Å²) in [7, 11) is 0. The highest BCUT2D eigenvalue weighted by Crippen LogP contribution is 2.52. The summed E-state index contributed by atoms with van der Waals surface area (Å²) in [5.41, 5.74) is 2.61. The molecule has 1 aliphatic carbocycles. The summed E-state index contributed by atoms with van der Waals surface area (Å²) in [6.07, 6.45) is -2.59. The molecule has 34 heavy (non-hydrogen) atoms. The number of aryl methyl sites for hydroxylation is 1. The zero-order valence-electron chi connectivity index (χ0n) is 17.8. The first-order chi connectivity index (χ1) is 16.1. The van der Waals surface area contributed by atoms with Gasteiger partial charge in [0.2, 0.25) is 5.91 Å². The van der Waals surface area contributed by atoms with E-state index in [-0.39, 0.29) is 29.4 Å². The van der Waals surface area contributed by atoms with Gasteiger partial charge in [0.05, 0.1) is 11.0 Å². The summed E-state index contributed by atoms with van der Waals surface area (Å²) in [5.74, 6) is -1.51. The van der Waals surface area contributed by atoms with E-state index in [4.69, 9.17) is 16.7 Å². The third-order valence-corrected chi connectivity index (χ3v) is 6.45. The van der Waals surface area contributed by atoms with Crippen molar-refractivity contribution in [3.63, 3.8) is 0 Å². The van der Waals surface area contributed by atoms with Crippen LogP contribution in [0.3, 0.4) is 0 Å². The predicted molar refractivity (Wildman–Crippen MR) is 123 cm³/mol. The van der Waals surface area contributed by atoms with Gasteiger partial charge in [0.25, 0.3) is 0 Å². The van der Waals surface area contributed by atoms with Gasteiger partial charge in [-0.05, 0) is 72.9 Å². The molecule has 0 radical (unpaired) electrons. The number of benzene rings is 3. The summed E-state index contributed by atoms with van der Waals surface area (Å²) in [5, 5.41) is 12.4. The van der Waals surface area contributed by atoms with E-state index in [0.717, 1.165) is 11.1 Å². The van der Waals surface area contributed by atoms with Gasteiger partial charge in [-0.3, -0.25) is 4.79 Å². The molecule has 5 rings (SSSR count). The maximum Gasteiger partial charge on any atom is 0.586 e. The molecule has 176 valence electrons. The average molecular weight is 488 g/mol. The zero-order chi connectivity index (χ0) is 24.3. The zero-order valence-corrected chi connectivity index (χ0v) is 18.6. The highest BCUT2D eigenvalue weighted by Gasteiger charge is 2.52. The van der Waals surface area contributed by atoms with Gasteiger partial charge in [0.1, 0.15) is 0 Å². The molecule has 3 aromatic carbocycles. The minimum Gasteiger partial charge on any atom is -0.478 e. The molecule has 6 nitrogen and oxygen atoms in total. The van der Waals surface area contributed by atoms with Crippen molar-refractivity contribution in [2.75, 3.05) is 5.32 Å². The minimum atomic E-state index is -3.72. The van der Waals surface area contributed by atoms with Gasteiger partial charge in [0, 0.05) is 17.7 Å². The molecule has 1 aliphatic heterocycles. The first-order valence-electron chi connectivity index (χ1n) is 10.4. The number of rotatable bonds is 5. The Bertz CT molecular complexity index is 1360. The fourth-order valence-electron chi connectivity index (χ4n) is 4.13. The van der Waals surface area contributed by atoms with Crippen molar-refractivity contribution in [1.29, 1.82) is 0 Å². The van der Waals surface area contributed by atoms with Gasteiger partial charge < -0.3 is 19.9 Å². The van der Waals surface area contributed by atoms with Crippen molar-refractivity contribution < 1.29 is 34.4 Å². The van der Waals surface area contributed by atoms with E-state index in [1.807, 2.05) is 13.0 Å². The number of aromatic carboxylic acids is 1. The second-order valence-electron chi connectivity index (χ2n) is 8.39. The van der Waals surface area contributed by atoms with Crippen LogP contribution in [0.5, 0.6) is 11.5 Å². The molecular formula is C25H20ClF2NO5. The number of carboxylic acid groups (broad SMARTS) is 1. The fraction of sp³-hybridized carbons (Fsp3) is 0.200. The van der Waals surface area contributed by atoms with E-state index in [1.165, 1.54) is 24.3 Å². The number of carboxylic acids is 1. The van der Waals surface area contributed by atoms with Crippen molar-refractivity contribution in [2.24, 2.45) is 0 Å².